The van der Waals surface area contributed by atoms with Crippen LogP contribution >= 0.6 is 0 Å². The van der Waals surface area contributed by atoms with Crippen molar-refractivity contribution in [2.45, 2.75) is 37.8 Å². The van der Waals surface area contributed by atoms with E-state index in [9.17, 15) is 9.18 Å². The second kappa shape index (κ2) is 9.57. The Kier molecular flexibility index (Phi) is 5.75. The summed E-state index contributed by atoms with van der Waals surface area (Å²) in [5, 5.41) is 14.5. The van der Waals surface area contributed by atoms with Gasteiger partial charge in [0.25, 0.3) is 5.56 Å². The Morgan fingerprint density at radius 3 is 2.85 bits per heavy atom. The zero-order chi connectivity index (χ0) is 26.3. The maximum atomic E-state index is 14.7. The van der Waals surface area contributed by atoms with E-state index in [2.05, 4.69) is 30.8 Å². The van der Waals surface area contributed by atoms with Crippen LogP contribution in [0.1, 0.15) is 25.7 Å². The highest BCUT2D eigenvalue weighted by atomic mass is 19.1. The highest BCUT2D eigenvalue weighted by Crippen LogP contribution is 2.36. The van der Waals surface area contributed by atoms with Crippen LogP contribution in [0, 0.1) is 5.82 Å². The molecule has 0 saturated heterocycles. The molecule has 0 radical (unpaired) electrons. The Hall–Kier alpha value is -4.67. The third-order valence-electron chi connectivity index (χ3n) is 7.30. The predicted octanol–water partition coefficient (Wildman–Crippen LogP) is 4.40. The quantitative estimate of drug-likeness (QED) is 0.285. The van der Waals surface area contributed by atoms with E-state index in [-0.39, 0.29) is 17.4 Å². The van der Waals surface area contributed by atoms with Gasteiger partial charge in [0, 0.05) is 37.0 Å². The summed E-state index contributed by atoms with van der Waals surface area (Å²) < 4.78 is 28.2. The van der Waals surface area contributed by atoms with Crippen LogP contribution in [0.15, 0.2) is 59.7 Å². The molecule has 7 rings (SSSR count). The SMILES string of the molecule is O=c1c2cn[nH]c2c2cnc(NCC[C@H]3COc4cc(NC5CCC5)ccc4O3)nc2n1-c1ccccc1F. The monoisotopic (exact) mass is 527 g/mol. The van der Waals surface area contributed by atoms with Gasteiger partial charge in [-0.05, 0) is 43.5 Å². The van der Waals surface area contributed by atoms with Gasteiger partial charge in [0.05, 0.1) is 28.2 Å². The van der Waals surface area contributed by atoms with Gasteiger partial charge in [0.1, 0.15) is 18.5 Å². The molecule has 39 heavy (non-hydrogen) atoms. The minimum absolute atomic E-state index is 0.109. The van der Waals surface area contributed by atoms with Crippen LogP contribution in [0.4, 0.5) is 16.0 Å². The summed E-state index contributed by atoms with van der Waals surface area (Å²) in [6, 6.07) is 12.6. The third kappa shape index (κ3) is 4.29. The first-order valence-corrected chi connectivity index (χ1v) is 13.1. The fraction of sp³-hybridized carbons (Fsp3) is 0.286. The van der Waals surface area contributed by atoms with Crippen molar-refractivity contribution >= 4 is 33.6 Å². The van der Waals surface area contributed by atoms with Gasteiger partial charge < -0.3 is 20.1 Å². The first-order chi connectivity index (χ1) is 19.1. The molecule has 0 amide bonds. The van der Waals surface area contributed by atoms with E-state index in [4.69, 9.17) is 9.47 Å². The highest BCUT2D eigenvalue weighted by Gasteiger charge is 2.23. The number of nitrogens with zero attached hydrogens (tertiary/aromatic N) is 4. The molecule has 1 saturated carbocycles. The summed E-state index contributed by atoms with van der Waals surface area (Å²) in [4.78, 5) is 22.3. The van der Waals surface area contributed by atoms with E-state index >= 15 is 0 Å². The van der Waals surface area contributed by atoms with Crippen molar-refractivity contribution in [2.75, 3.05) is 23.8 Å². The molecule has 11 heteroatoms. The van der Waals surface area contributed by atoms with Crippen molar-refractivity contribution in [1.29, 1.82) is 0 Å². The molecule has 4 heterocycles. The van der Waals surface area contributed by atoms with Crippen LogP contribution in [0.2, 0.25) is 0 Å². The van der Waals surface area contributed by atoms with Crippen LogP contribution in [-0.4, -0.2) is 50.0 Å². The molecule has 198 valence electrons. The van der Waals surface area contributed by atoms with Crippen molar-refractivity contribution in [3.05, 3.63) is 71.0 Å². The molecule has 10 nitrogen and oxygen atoms in total. The lowest BCUT2D eigenvalue weighted by Crippen LogP contribution is -2.31. The summed E-state index contributed by atoms with van der Waals surface area (Å²) in [6.45, 7) is 0.942. The average Bonchev–Trinajstić information content (AvgIpc) is 3.42. The smallest absolute Gasteiger partial charge is 0.267 e. The van der Waals surface area contributed by atoms with E-state index in [1.807, 2.05) is 18.2 Å². The molecular formula is C28H26FN7O3. The lowest BCUT2D eigenvalue weighted by atomic mass is 9.93. The normalized spacial score (nSPS) is 16.8. The van der Waals surface area contributed by atoms with Gasteiger partial charge in [0.15, 0.2) is 17.1 Å². The summed E-state index contributed by atoms with van der Waals surface area (Å²) in [7, 11) is 0. The minimum atomic E-state index is -0.530. The first-order valence-electron chi connectivity index (χ1n) is 13.1. The molecule has 0 unspecified atom stereocenters. The average molecular weight is 528 g/mol. The molecule has 1 fully saturated rings. The lowest BCUT2D eigenvalue weighted by Gasteiger charge is -2.30. The summed E-state index contributed by atoms with van der Waals surface area (Å²) in [5.41, 5.74) is 1.52. The van der Waals surface area contributed by atoms with Crippen LogP contribution < -0.4 is 25.7 Å². The van der Waals surface area contributed by atoms with E-state index in [0.29, 0.717) is 47.9 Å². The minimum Gasteiger partial charge on any atom is -0.486 e. The van der Waals surface area contributed by atoms with Crippen molar-refractivity contribution in [3.63, 3.8) is 0 Å². The largest absolute Gasteiger partial charge is 0.486 e. The Morgan fingerprint density at radius 2 is 2.00 bits per heavy atom. The highest BCUT2D eigenvalue weighted by molar-refractivity contribution is 6.02. The molecular weight excluding hydrogens is 501 g/mol. The number of nitrogens with one attached hydrogen (secondary N) is 3. The molecule has 0 bridgehead atoms. The number of halogens is 1. The van der Waals surface area contributed by atoms with E-state index in [1.54, 1.807) is 24.4 Å². The Balaban J connectivity index is 1.09. The number of hydrogen-bond acceptors (Lipinski definition) is 8. The van der Waals surface area contributed by atoms with E-state index < -0.39 is 11.4 Å². The lowest BCUT2D eigenvalue weighted by molar-refractivity contribution is 0.0874. The standard InChI is InChI=1S/C28H26FN7O3/c29-21-6-1-2-7-22(21)36-26-19(25-20(27(36)37)14-32-35-25)13-31-28(34-26)30-11-10-18-15-38-24-12-17(8-9-23(24)39-18)33-16-4-3-5-16/h1-2,6-9,12-14,16,18,33H,3-5,10-11,15H2,(H,32,35)(H,30,31,34)/t18-/m0/s1. The van der Waals surface area contributed by atoms with Crippen LogP contribution in [0.25, 0.3) is 27.6 Å². The van der Waals surface area contributed by atoms with Crippen LogP contribution in [0.5, 0.6) is 11.5 Å². The van der Waals surface area contributed by atoms with Crippen LogP contribution in [0.3, 0.4) is 0 Å². The number of para-hydroxylation sites is 1. The Bertz CT molecular complexity index is 1750. The Morgan fingerprint density at radius 1 is 1.10 bits per heavy atom. The number of benzene rings is 2. The summed E-state index contributed by atoms with van der Waals surface area (Å²) >= 11 is 0. The molecule has 1 atom stereocenters. The maximum Gasteiger partial charge on any atom is 0.267 e. The van der Waals surface area contributed by atoms with Gasteiger partial charge in [-0.1, -0.05) is 12.1 Å². The van der Waals surface area contributed by atoms with Gasteiger partial charge in [-0.3, -0.25) is 14.5 Å². The predicted molar refractivity (Wildman–Crippen MR) is 145 cm³/mol. The zero-order valence-corrected chi connectivity index (χ0v) is 21.0. The van der Waals surface area contributed by atoms with Crippen molar-refractivity contribution in [3.8, 4) is 17.2 Å². The molecule has 1 aliphatic carbocycles. The van der Waals surface area contributed by atoms with Gasteiger partial charge in [0.2, 0.25) is 5.95 Å². The summed E-state index contributed by atoms with van der Waals surface area (Å²) in [5.74, 6) is 1.26. The van der Waals surface area contributed by atoms with Gasteiger partial charge in [-0.15, -0.1) is 0 Å². The molecule has 2 aromatic carbocycles. The molecule has 3 N–H and O–H groups in total. The molecule has 3 aromatic heterocycles. The van der Waals surface area contributed by atoms with Gasteiger partial charge in [-0.2, -0.15) is 10.1 Å². The third-order valence-corrected chi connectivity index (χ3v) is 7.30. The van der Waals surface area contributed by atoms with Gasteiger partial charge >= 0.3 is 0 Å². The first kappa shape index (κ1) is 23.4. The van der Waals surface area contributed by atoms with E-state index in [0.717, 1.165) is 17.2 Å². The number of pyridine rings is 1. The molecule has 1 aliphatic heterocycles. The molecule has 2 aliphatic rings. The number of H-pyrrole nitrogens is 1. The number of hydrogen-bond donors (Lipinski definition) is 3. The fourth-order valence-electron chi connectivity index (χ4n) is 5.01. The second-order valence-corrected chi connectivity index (χ2v) is 9.88. The molecule has 5 aromatic rings. The maximum absolute atomic E-state index is 14.7. The summed E-state index contributed by atoms with van der Waals surface area (Å²) in [6.07, 6.45) is 7.23. The number of anilines is 2. The second-order valence-electron chi connectivity index (χ2n) is 9.88. The number of ether oxygens (including phenoxy) is 2. The zero-order valence-electron chi connectivity index (χ0n) is 21.0. The van der Waals surface area contributed by atoms with Crippen molar-refractivity contribution in [1.82, 2.24) is 24.7 Å². The van der Waals surface area contributed by atoms with Crippen molar-refractivity contribution < 1.29 is 13.9 Å². The topological polar surface area (TPSA) is 119 Å². The number of rotatable bonds is 7. The fourth-order valence-corrected chi connectivity index (χ4v) is 5.01. The number of aromatic nitrogens is 5. The van der Waals surface area contributed by atoms with Crippen molar-refractivity contribution in [2.24, 2.45) is 0 Å². The van der Waals surface area contributed by atoms with Gasteiger partial charge in [-0.25, -0.2) is 9.37 Å². The Labute approximate surface area is 222 Å². The van der Waals surface area contributed by atoms with E-state index in [1.165, 1.54) is 36.1 Å². The van der Waals surface area contributed by atoms with Crippen LogP contribution in [-0.2, 0) is 0 Å². The molecule has 0 spiro atoms. The number of fused-ring (bicyclic) bond motifs is 4. The number of aromatic amines is 1.